The van der Waals surface area contributed by atoms with E-state index < -0.39 is 24.2 Å². The van der Waals surface area contributed by atoms with Crippen LogP contribution in [0.3, 0.4) is 0 Å². The van der Waals surface area contributed by atoms with Crippen LogP contribution in [0.15, 0.2) is 36.5 Å². The molecule has 1 aliphatic heterocycles. The summed E-state index contributed by atoms with van der Waals surface area (Å²) in [6.45, 7) is 7.38. The number of carbonyl (C=O) groups excluding carboxylic acids is 2. The first-order valence-corrected chi connectivity index (χ1v) is 13.5. The van der Waals surface area contributed by atoms with E-state index >= 15 is 0 Å². The van der Waals surface area contributed by atoms with Crippen LogP contribution in [0.5, 0.6) is 0 Å². The average molecular weight is 547 g/mol. The van der Waals surface area contributed by atoms with Gasteiger partial charge in [0.25, 0.3) is 5.91 Å². The second kappa shape index (κ2) is 11.9. The van der Waals surface area contributed by atoms with E-state index in [2.05, 4.69) is 29.0 Å². The summed E-state index contributed by atoms with van der Waals surface area (Å²) in [5.74, 6) is -1.08. The summed E-state index contributed by atoms with van der Waals surface area (Å²) in [6, 6.07) is 8.83. The predicted molar refractivity (Wildman–Crippen MR) is 141 cm³/mol. The number of halogens is 3. The quantitative estimate of drug-likeness (QED) is 0.434. The van der Waals surface area contributed by atoms with Gasteiger partial charge in [-0.2, -0.15) is 13.2 Å². The van der Waals surface area contributed by atoms with Crippen molar-refractivity contribution in [3.8, 4) is 0 Å². The minimum atomic E-state index is -4.11. The molecule has 1 aromatic heterocycles. The Morgan fingerprint density at radius 2 is 1.82 bits per heavy atom. The molecule has 3 N–H and O–H groups in total. The molecule has 0 unspecified atom stereocenters. The molecule has 1 aliphatic carbocycles. The normalized spacial score (nSPS) is 22.4. The number of pyridine rings is 1. The highest BCUT2D eigenvalue weighted by atomic mass is 19.4. The molecule has 2 aliphatic rings. The zero-order valence-corrected chi connectivity index (χ0v) is 22.6. The third-order valence-electron chi connectivity index (χ3n) is 7.92. The number of aryl methyl sites for hydroxylation is 1. The first-order valence-electron chi connectivity index (χ1n) is 13.5. The van der Waals surface area contributed by atoms with Crippen LogP contribution in [0.1, 0.15) is 84.4 Å². The molecule has 2 aromatic rings. The third-order valence-corrected chi connectivity index (χ3v) is 7.92. The van der Waals surface area contributed by atoms with Gasteiger partial charge >= 0.3 is 12.3 Å². The topological polar surface area (TPSA) is 97.5 Å². The minimum Gasteiger partial charge on any atom is -0.447 e. The summed E-state index contributed by atoms with van der Waals surface area (Å²) in [4.78, 5) is 31.4. The van der Waals surface area contributed by atoms with Gasteiger partial charge < -0.3 is 15.8 Å². The van der Waals surface area contributed by atoms with E-state index in [0.717, 1.165) is 22.4 Å². The number of fused-ring (bicyclic) bond motifs is 1. The molecule has 4 rings (SSSR count). The van der Waals surface area contributed by atoms with Crippen LogP contribution < -0.4 is 11.1 Å². The van der Waals surface area contributed by atoms with Gasteiger partial charge in [0.1, 0.15) is 6.61 Å². The molecule has 0 bridgehead atoms. The SMILES string of the molecule is Cc1ccc([C@@H](COC(N)=O)NC(=O)c2cnc3c(c2)CN(CC2CCC(C(F)(F)F)CC2)[C@H]3C(C)C)cc1. The molecule has 1 aromatic carbocycles. The molecule has 0 saturated heterocycles. The summed E-state index contributed by atoms with van der Waals surface area (Å²) < 4.78 is 44.3. The number of alkyl halides is 3. The summed E-state index contributed by atoms with van der Waals surface area (Å²) in [7, 11) is 0. The van der Waals surface area contributed by atoms with Crippen molar-refractivity contribution in [1.29, 1.82) is 0 Å². The number of primary amides is 1. The van der Waals surface area contributed by atoms with E-state index in [9.17, 15) is 22.8 Å². The van der Waals surface area contributed by atoms with Crippen molar-refractivity contribution in [2.24, 2.45) is 23.5 Å². The van der Waals surface area contributed by atoms with Gasteiger partial charge in [-0.15, -0.1) is 0 Å². The Morgan fingerprint density at radius 1 is 1.15 bits per heavy atom. The third kappa shape index (κ3) is 7.09. The number of hydrogen-bond acceptors (Lipinski definition) is 5. The first kappa shape index (κ1) is 28.9. The molecule has 10 heteroatoms. The van der Waals surface area contributed by atoms with Gasteiger partial charge in [-0.3, -0.25) is 14.7 Å². The largest absolute Gasteiger partial charge is 0.447 e. The highest BCUT2D eigenvalue weighted by molar-refractivity contribution is 5.94. The molecule has 39 heavy (non-hydrogen) atoms. The second-order valence-electron chi connectivity index (χ2n) is 11.2. The predicted octanol–water partition coefficient (Wildman–Crippen LogP) is 5.84. The number of nitrogens with zero attached hydrogens (tertiary/aromatic N) is 2. The maximum atomic E-state index is 13.2. The van der Waals surface area contributed by atoms with Crippen LogP contribution in [0.2, 0.25) is 0 Å². The van der Waals surface area contributed by atoms with Crippen LogP contribution in [0.25, 0.3) is 0 Å². The summed E-state index contributed by atoms with van der Waals surface area (Å²) in [5, 5.41) is 2.93. The molecule has 0 spiro atoms. The lowest BCUT2D eigenvalue weighted by atomic mass is 9.81. The van der Waals surface area contributed by atoms with Gasteiger partial charge in [0.15, 0.2) is 0 Å². The van der Waals surface area contributed by atoms with Gasteiger partial charge in [0.2, 0.25) is 0 Å². The zero-order valence-electron chi connectivity index (χ0n) is 22.6. The number of rotatable bonds is 8. The van der Waals surface area contributed by atoms with Gasteiger partial charge in [-0.25, -0.2) is 4.79 Å². The van der Waals surface area contributed by atoms with Crippen LogP contribution in [0.4, 0.5) is 18.0 Å². The van der Waals surface area contributed by atoms with E-state index in [4.69, 9.17) is 10.5 Å². The molecule has 2 heterocycles. The maximum absolute atomic E-state index is 13.2. The Morgan fingerprint density at radius 3 is 2.41 bits per heavy atom. The van der Waals surface area contributed by atoms with Crippen molar-refractivity contribution in [2.45, 2.75) is 71.3 Å². The highest BCUT2D eigenvalue weighted by Gasteiger charge is 2.42. The zero-order chi connectivity index (χ0) is 28.3. The number of carbonyl (C=O) groups is 2. The van der Waals surface area contributed by atoms with E-state index in [1.54, 1.807) is 6.20 Å². The van der Waals surface area contributed by atoms with Crippen molar-refractivity contribution < 1.29 is 27.5 Å². The Balaban J connectivity index is 1.46. The fraction of sp³-hybridized carbons (Fsp3) is 0.552. The fourth-order valence-electron chi connectivity index (χ4n) is 5.87. The molecule has 2 amide bonds. The summed E-state index contributed by atoms with van der Waals surface area (Å²) >= 11 is 0. The number of nitrogens with two attached hydrogens (primary N) is 1. The van der Waals surface area contributed by atoms with Crippen molar-refractivity contribution in [1.82, 2.24) is 15.2 Å². The lowest BCUT2D eigenvalue weighted by Crippen LogP contribution is -2.35. The smallest absolute Gasteiger partial charge is 0.404 e. The van der Waals surface area contributed by atoms with Crippen LogP contribution in [-0.2, 0) is 11.3 Å². The van der Waals surface area contributed by atoms with Crippen molar-refractivity contribution in [3.63, 3.8) is 0 Å². The Kier molecular flexibility index (Phi) is 8.83. The molecule has 0 radical (unpaired) electrons. The van der Waals surface area contributed by atoms with Gasteiger partial charge in [-0.1, -0.05) is 43.7 Å². The van der Waals surface area contributed by atoms with Crippen molar-refractivity contribution in [2.75, 3.05) is 13.2 Å². The molecular weight excluding hydrogens is 509 g/mol. The van der Waals surface area contributed by atoms with E-state index in [1.165, 1.54) is 0 Å². The molecular formula is C29H37F3N4O3. The minimum absolute atomic E-state index is 0.0433. The lowest BCUT2D eigenvalue weighted by molar-refractivity contribution is -0.184. The van der Waals surface area contributed by atoms with E-state index in [1.807, 2.05) is 37.3 Å². The summed E-state index contributed by atoms with van der Waals surface area (Å²) in [6.07, 6.45) is -1.97. The number of benzene rings is 1. The number of aromatic nitrogens is 1. The van der Waals surface area contributed by atoms with Gasteiger partial charge in [-0.05, 0) is 61.6 Å². The molecule has 1 fully saturated rings. The maximum Gasteiger partial charge on any atom is 0.404 e. The average Bonchev–Trinajstić information content (AvgIpc) is 3.24. The monoisotopic (exact) mass is 546 g/mol. The molecule has 7 nitrogen and oxygen atoms in total. The Bertz CT molecular complexity index is 1160. The van der Waals surface area contributed by atoms with Crippen molar-refractivity contribution >= 4 is 12.0 Å². The van der Waals surface area contributed by atoms with Crippen LogP contribution in [-0.4, -0.2) is 41.2 Å². The van der Waals surface area contributed by atoms with E-state index in [0.29, 0.717) is 31.5 Å². The number of ether oxygens (including phenoxy) is 1. The molecule has 2 atom stereocenters. The standard InChI is InChI=1S/C29H37F3N4O3/c1-17(2)26-25-22(15-36(26)14-19-6-10-23(11-7-19)29(30,31)32)12-21(13-34-25)27(37)35-24(16-39-28(33)38)20-8-4-18(3)5-9-20/h4-5,8-9,12-13,17,19,23-24,26H,6-7,10-11,14-16H2,1-3H3,(H2,33,38)(H,35,37)/t19?,23?,24-,26+/m1/s1. The summed E-state index contributed by atoms with van der Waals surface area (Å²) in [5.41, 5.74) is 9.23. The fourth-order valence-corrected chi connectivity index (χ4v) is 5.87. The second-order valence-corrected chi connectivity index (χ2v) is 11.2. The van der Waals surface area contributed by atoms with Crippen LogP contribution in [0, 0.1) is 24.7 Å². The number of nitrogens with one attached hydrogen (secondary N) is 1. The van der Waals surface area contributed by atoms with Crippen LogP contribution >= 0.6 is 0 Å². The number of amides is 2. The lowest BCUT2D eigenvalue weighted by Gasteiger charge is -2.35. The highest BCUT2D eigenvalue weighted by Crippen LogP contribution is 2.43. The molecule has 212 valence electrons. The van der Waals surface area contributed by atoms with Crippen molar-refractivity contribution in [3.05, 3.63) is 64.5 Å². The van der Waals surface area contributed by atoms with E-state index in [-0.39, 0.29) is 43.2 Å². The Hall–Kier alpha value is -3.14. The Labute approximate surface area is 227 Å². The number of hydrogen-bond donors (Lipinski definition) is 2. The molecule has 1 saturated carbocycles. The first-order chi connectivity index (χ1) is 18.4. The van der Waals surface area contributed by atoms with Gasteiger partial charge in [0, 0.05) is 19.3 Å². The van der Waals surface area contributed by atoms with Gasteiger partial charge in [0.05, 0.1) is 29.3 Å².